The van der Waals surface area contributed by atoms with Crippen molar-refractivity contribution in [1.82, 2.24) is 5.32 Å². The maximum atomic E-state index is 9.06. The van der Waals surface area contributed by atoms with Crippen molar-refractivity contribution in [2.75, 3.05) is 20.3 Å². The van der Waals surface area contributed by atoms with E-state index in [1.807, 2.05) is 18.2 Å². The molecular formula is C17H24N2O2. The summed E-state index contributed by atoms with van der Waals surface area (Å²) in [5.74, 6) is 0.627. The van der Waals surface area contributed by atoms with Crippen molar-refractivity contribution < 1.29 is 9.47 Å². The fraction of sp³-hybridized carbons (Fsp3) is 0.588. The highest BCUT2D eigenvalue weighted by atomic mass is 16.5. The van der Waals surface area contributed by atoms with Crippen LogP contribution in [0.15, 0.2) is 18.2 Å². The first-order valence-electron chi connectivity index (χ1n) is 7.73. The Labute approximate surface area is 127 Å². The first-order valence-corrected chi connectivity index (χ1v) is 7.73. The normalized spacial score (nSPS) is 15.6. The molecule has 0 radical (unpaired) electrons. The zero-order valence-electron chi connectivity index (χ0n) is 12.7. The number of nitriles is 1. The molecule has 4 heteroatoms. The van der Waals surface area contributed by atoms with Gasteiger partial charge in [0.1, 0.15) is 11.8 Å². The topological polar surface area (TPSA) is 54.3 Å². The van der Waals surface area contributed by atoms with E-state index in [2.05, 4.69) is 11.4 Å². The van der Waals surface area contributed by atoms with Gasteiger partial charge in [-0.25, -0.2) is 0 Å². The average Bonchev–Trinajstić information content (AvgIpc) is 2.55. The molecule has 114 valence electrons. The van der Waals surface area contributed by atoms with Crippen LogP contribution in [0.3, 0.4) is 0 Å². The number of hydrogen-bond donors (Lipinski definition) is 1. The van der Waals surface area contributed by atoms with Crippen LogP contribution in [0.5, 0.6) is 5.75 Å². The molecule has 21 heavy (non-hydrogen) atoms. The molecule has 1 saturated carbocycles. The van der Waals surface area contributed by atoms with Crippen LogP contribution >= 0.6 is 0 Å². The van der Waals surface area contributed by atoms with Crippen molar-refractivity contribution in [2.45, 2.75) is 44.8 Å². The summed E-state index contributed by atoms with van der Waals surface area (Å²) in [6.45, 7) is 2.34. The van der Waals surface area contributed by atoms with Gasteiger partial charge in [-0.15, -0.1) is 0 Å². The zero-order chi connectivity index (χ0) is 14.9. The Kier molecular flexibility index (Phi) is 6.52. The van der Waals surface area contributed by atoms with Crippen molar-refractivity contribution in [3.63, 3.8) is 0 Å². The van der Waals surface area contributed by atoms with Crippen molar-refractivity contribution in [3.05, 3.63) is 29.3 Å². The van der Waals surface area contributed by atoms with Gasteiger partial charge in [-0.1, -0.05) is 25.3 Å². The molecule has 0 heterocycles. The highest BCUT2D eigenvalue weighted by Gasteiger charge is 2.12. The fourth-order valence-electron chi connectivity index (χ4n) is 2.71. The SMILES string of the molecule is COc1ccc(CNCCOC2CCCCC2)cc1C#N. The number of ether oxygens (including phenoxy) is 2. The first kappa shape index (κ1) is 15.8. The van der Waals surface area contributed by atoms with Crippen molar-refractivity contribution in [1.29, 1.82) is 5.26 Å². The molecule has 0 aromatic heterocycles. The predicted molar refractivity (Wildman–Crippen MR) is 82.2 cm³/mol. The minimum Gasteiger partial charge on any atom is -0.495 e. The lowest BCUT2D eigenvalue weighted by Crippen LogP contribution is -2.24. The van der Waals surface area contributed by atoms with E-state index in [1.165, 1.54) is 32.1 Å². The van der Waals surface area contributed by atoms with Crippen molar-refractivity contribution in [3.8, 4) is 11.8 Å². The summed E-state index contributed by atoms with van der Waals surface area (Å²) in [7, 11) is 1.58. The van der Waals surface area contributed by atoms with Gasteiger partial charge in [0.05, 0.1) is 25.4 Å². The third kappa shape index (κ3) is 5.04. The Bertz CT molecular complexity index is 476. The van der Waals surface area contributed by atoms with E-state index in [1.54, 1.807) is 7.11 Å². The molecule has 1 aromatic rings. The van der Waals surface area contributed by atoms with Crippen LogP contribution in [0.4, 0.5) is 0 Å². The van der Waals surface area contributed by atoms with Gasteiger partial charge in [-0.3, -0.25) is 0 Å². The van der Waals surface area contributed by atoms with Gasteiger partial charge in [0.15, 0.2) is 0 Å². The molecule has 0 spiro atoms. The van der Waals surface area contributed by atoms with Crippen molar-refractivity contribution >= 4 is 0 Å². The first-order chi connectivity index (χ1) is 10.3. The lowest BCUT2D eigenvalue weighted by molar-refractivity contribution is 0.0302. The lowest BCUT2D eigenvalue weighted by Gasteiger charge is -2.22. The second-order valence-corrected chi connectivity index (χ2v) is 5.45. The van der Waals surface area contributed by atoms with Crippen LogP contribution in [0.1, 0.15) is 43.2 Å². The predicted octanol–water partition coefficient (Wildman–Crippen LogP) is 3.01. The molecule has 2 rings (SSSR count). The molecule has 0 unspecified atom stereocenters. The molecule has 4 nitrogen and oxygen atoms in total. The minimum absolute atomic E-state index is 0.465. The summed E-state index contributed by atoms with van der Waals surface area (Å²) in [5.41, 5.74) is 1.67. The van der Waals surface area contributed by atoms with Crippen LogP contribution in [-0.2, 0) is 11.3 Å². The number of rotatable bonds is 7. The smallest absolute Gasteiger partial charge is 0.136 e. The maximum absolute atomic E-state index is 9.06. The monoisotopic (exact) mass is 288 g/mol. The van der Waals surface area contributed by atoms with E-state index in [0.717, 1.165) is 25.3 Å². The number of nitrogens with one attached hydrogen (secondary N) is 1. The summed E-state index contributed by atoms with van der Waals surface area (Å²) >= 11 is 0. The van der Waals surface area contributed by atoms with Crippen LogP contribution in [0, 0.1) is 11.3 Å². The van der Waals surface area contributed by atoms with Crippen LogP contribution in [0.2, 0.25) is 0 Å². The standard InChI is InChI=1S/C17H24N2O2/c1-20-17-8-7-14(11-15(17)12-18)13-19-9-10-21-16-5-3-2-4-6-16/h7-8,11,16,19H,2-6,9-10,13H2,1H3. The Hall–Kier alpha value is -1.57. The molecule has 0 aliphatic heterocycles. The summed E-state index contributed by atoms with van der Waals surface area (Å²) in [4.78, 5) is 0. The second kappa shape index (κ2) is 8.66. The summed E-state index contributed by atoms with van der Waals surface area (Å²) in [6, 6.07) is 7.85. The largest absolute Gasteiger partial charge is 0.495 e. The maximum Gasteiger partial charge on any atom is 0.136 e. The van der Waals surface area contributed by atoms with E-state index in [9.17, 15) is 0 Å². The lowest BCUT2D eigenvalue weighted by atomic mass is 9.98. The van der Waals surface area contributed by atoms with Gasteiger partial charge in [0.25, 0.3) is 0 Å². The van der Waals surface area contributed by atoms with Crippen molar-refractivity contribution in [2.24, 2.45) is 0 Å². The molecule has 1 aliphatic carbocycles. The van der Waals surface area contributed by atoms with Crippen LogP contribution in [0.25, 0.3) is 0 Å². The Morgan fingerprint density at radius 2 is 2.10 bits per heavy atom. The Morgan fingerprint density at radius 3 is 2.81 bits per heavy atom. The van der Waals surface area contributed by atoms with Gasteiger partial charge < -0.3 is 14.8 Å². The summed E-state index contributed by atoms with van der Waals surface area (Å²) < 4.78 is 11.0. The van der Waals surface area contributed by atoms with Gasteiger partial charge in [0.2, 0.25) is 0 Å². The fourth-order valence-corrected chi connectivity index (χ4v) is 2.71. The van der Waals surface area contributed by atoms with Gasteiger partial charge in [-0.05, 0) is 30.5 Å². The van der Waals surface area contributed by atoms with E-state index < -0.39 is 0 Å². The third-order valence-electron chi connectivity index (χ3n) is 3.90. The molecule has 1 aromatic carbocycles. The molecule has 1 N–H and O–H groups in total. The molecular weight excluding hydrogens is 264 g/mol. The average molecular weight is 288 g/mol. The third-order valence-corrected chi connectivity index (χ3v) is 3.90. The minimum atomic E-state index is 0.465. The molecule has 0 atom stereocenters. The summed E-state index contributed by atoms with van der Waals surface area (Å²) in [5, 5.41) is 12.4. The molecule has 0 bridgehead atoms. The quantitative estimate of drug-likeness (QED) is 0.784. The van der Waals surface area contributed by atoms with Gasteiger partial charge in [0, 0.05) is 13.1 Å². The molecule has 1 fully saturated rings. The molecule has 1 aliphatic rings. The van der Waals surface area contributed by atoms with Crippen LogP contribution < -0.4 is 10.1 Å². The van der Waals surface area contributed by atoms with Gasteiger partial charge in [-0.2, -0.15) is 5.26 Å². The number of hydrogen-bond acceptors (Lipinski definition) is 4. The number of methoxy groups -OCH3 is 1. The highest BCUT2D eigenvalue weighted by Crippen LogP contribution is 2.20. The van der Waals surface area contributed by atoms with Crippen LogP contribution in [-0.4, -0.2) is 26.4 Å². The van der Waals surface area contributed by atoms with E-state index in [4.69, 9.17) is 14.7 Å². The van der Waals surface area contributed by atoms with E-state index >= 15 is 0 Å². The Balaban J connectivity index is 1.67. The molecule has 0 amide bonds. The highest BCUT2D eigenvalue weighted by molar-refractivity contribution is 5.45. The van der Waals surface area contributed by atoms with Gasteiger partial charge >= 0.3 is 0 Å². The zero-order valence-corrected chi connectivity index (χ0v) is 12.7. The summed E-state index contributed by atoms with van der Waals surface area (Å²) in [6.07, 6.45) is 6.86. The second-order valence-electron chi connectivity index (χ2n) is 5.45. The van der Waals surface area contributed by atoms with E-state index in [0.29, 0.717) is 17.4 Å². The van der Waals surface area contributed by atoms with E-state index in [-0.39, 0.29) is 0 Å². The Morgan fingerprint density at radius 1 is 1.29 bits per heavy atom. The number of nitrogens with zero attached hydrogens (tertiary/aromatic N) is 1. The molecule has 0 saturated heterocycles. The number of benzene rings is 1.